The first kappa shape index (κ1) is 62.9. The van der Waals surface area contributed by atoms with Gasteiger partial charge in [0, 0.05) is 43.9 Å². The maximum atomic E-state index is 10.4. The number of hydrogen-bond donors (Lipinski definition) is 14. The van der Waals surface area contributed by atoms with E-state index >= 15 is 0 Å². The molecule has 4 aromatic carbocycles. The van der Waals surface area contributed by atoms with Crippen molar-refractivity contribution >= 4 is 53.2 Å². The van der Waals surface area contributed by atoms with Crippen molar-refractivity contribution in [2.24, 2.45) is 28.7 Å². The lowest BCUT2D eigenvalue weighted by Crippen LogP contribution is -2.05. The summed E-state index contributed by atoms with van der Waals surface area (Å²) in [5.41, 5.74) is 41.8. The Hall–Kier alpha value is -7.43. The third kappa shape index (κ3) is 40.6. The first-order chi connectivity index (χ1) is 31.1. The summed E-state index contributed by atoms with van der Waals surface area (Å²) in [5.74, 6) is -5.80. The minimum absolute atomic E-state index is 0.0558. The summed E-state index contributed by atoms with van der Waals surface area (Å²) in [4.78, 5) is 70.3. The van der Waals surface area contributed by atoms with Crippen LogP contribution in [0.3, 0.4) is 0 Å². The van der Waals surface area contributed by atoms with Gasteiger partial charge in [-0.25, -0.2) is 9.59 Å². The summed E-state index contributed by atoms with van der Waals surface area (Å²) in [6, 6.07) is 26.6. The fourth-order valence-electron chi connectivity index (χ4n) is 4.16. The fourth-order valence-corrected chi connectivity index (χ4v) is 4.16. The Kier molecular flexibility index (Phi) is 38.4. The molecule has 0 heterocycles. The Labute approximate surface area is 382 Å². The summed E-state index contributed by atoms with van der Waals surface area (Å²) in [6.45, 7) is 2.30. The van der Waals surface area contributed by atoms with E-state index in [1.165, 1.54) is 12.1 Å². The van der Waals surface area contributed by atoms with Crippen LogP contribution in [0.5, 0.6) is 0 Å². The zero-order valence-corrected chi connectivity index (χ0v) is 36.7. The Morgan fingerprint density at radius 3 is 0.909 bits per heavy atom. The molecule has 0 bridgehead atoms. The fraction of sp³-hybridized carbons (Fsp3) is 0.311. The largest absolute Gasteiger partial charge is 0.481 e. The number of nitrogens with two attached hydrogens (primary N) is 7. The predicted molar refractivity (Wildman–Crippen MR) is 249 cm³/mol. The van der Waals surface area contributed by atoms with Crippen molar-refractivity contribution in [1.82, 2.24) is 0 Å². The molecule has 66 heavy (non-hydrogen) atoms. The van der Waals surface area contributed by atoms with Crippen LogP contribution < -0.4 is 40.1 Å². The van der Waals surface area contributed by atoms with Crippen molar-refractivity contribution in [3.8, 4) is 0 Å². The van der Waals surface area contributed by atoms with Crippen molar-refractivity contribution in [2.45, 2.75) is 70.9 Å². The average Bonchev–Trinajstić information content (AvgIpc) is 3.26. The van der Waals surface area contributed by atoms with E-state index in [1.807, 2.05) is 12.1 Å². The Morgan fingerprint density at radius 2 is 0.636 bits per heavy atom. The molecular weight excluding hydrogens is 863 g/mol. The first-order valence-corrected chi connectivity index (χ1v) is 20.1. The number of aliphatic carboxylic acids is 5. The van der Waals surface area contributed by atoms with Gasteiger partial charge in [0.1, 0.15) is 0 Å². The molecule has 0 saturated carbocycles. The third-order valence-electron chi connectivity index (χ3n) is 7.59. The lowest BCUT2D eigenvalue weighted by molar-refractivity contribution is -0.138. The molecule has 21 N–H and O–H groups in total. The van der Waals surface area contributed by atoms with Crippen LogP contribution in [-0.2, 0) is 49.9 Å². The zero-order valence-electron chi connectivity index (χ0n) is 36.7. The molecule has 0 unspecified atom stereocenters. The van der Waals surface area contributed by atoms with E-state index in [0.29, 0.717) is 49.5 Å². The average molecular weight is 928 g/mol. The van der Waals surface area contributed by atoms with E-state index in [0.717, 1.165) is 41.5 Å². The number of nitrogen functional groups attached to an aromatic ring is 2. The molecule has 0 saturated heterocycles. The van der Waals surface area contributed by atoms with Gasteiger partial charge in [-0.3, -0.25) is 24.0 Å². The minimum atomic E-state index is -0.931. The maximum absolute atomic E-state index is 10.4. The lowest BCUT2D eigenvalue weighted by atomic mass is 10.1. The number of carboxylic acid groups (broad SMARTS) is 7. The first-order valence-electron chi connectivity index (χ1n) is 20.1. The number of unbranched alkanes of at least 4 members (excludes halogenated alkanes) is 2. The molecule has 0 aliphatic heterocycles. The molecular formula is C45H65N7O14. The minimum Gasteiger partial charge on any atom is -0.481 e. The number of rotatable bonds is 18. The predicted octanol–water partition coefficient (Wildman–Crippen LogP) is 3.30. The van der Waals surface area contributed by atoms with Gasteiger partial charge in [0.05, 0.1) is 30.4 Å². The highest BCUT2D eigenvalue weighted by Gasteiger charge is 2.02. The van der Waals surface area contributed by atoms with E-state index in [-0.39, 0.29) is 44.2 Å². The second kappa shape index (κ2) is 40.4. The summed E-state index contributed by atoms with van der Waals surface area (Å²) in [6.07, 6.45) is 3.87. The molecule has 0 amide bonds. The van der Waals surface area contributed by atoms with E-state index in [9.17, 15) is 33.6 Å². The maximum Gasteiger partial charge on any atom is 0.335 e. The molecule has 0 radical (unpaired) electrons. The van der Waals surface area contributed by atoms with E-state index in [2.05, 4.69) is 0 Å². The quantitative estimate of drug-likeness (QED) is 0.0502. The molecule has 0 fully saturated rings. The van der Waals surface area contributed by atoms with Crippen molar-refractivity contribution in [2.75, 3.05) is 31.1 Å². The Morgan fingerprint density at radius 1 is 0.333 bits per heavy atom. The van der Waals surface area contributed by atoms with Crippen LogP contribution in [0.25, 0.3) is 0 Å². The van der Waals surface area contributed by atoms with Gasteiger partial charge in [-0.1, -0.05) is 55.0 Å². The van der Waals surface area contributed by atoms with Gasteiger partial charge in [-0.15, -0.1) is 0 Å². The second-order valence-corrected chi connectivity index (χ2v) is 13.2. The topological polar surface area (TPSA) is 443 Å². The molecule has 0 aliphatic rings. The van der Waals surface area contributed by atoms with E-state index in [4.69, 9.17) is 75.9 Å². The van der Waals surface area contributed by atoms with Gasteiger partial charge in [-0.05, 0) is 103 Å². The van der Waals surface area contributed by atoms with Crippen LogP contribution in [0, 0.1) is 0 Å². The van der Waals surface area contributed by atoms with Gasteiger partial charge >= 0.3 is 41.8 Å². The van der Waals surface area contributed by atoms with Crippen molar-refractivity contribution < 1.29 is 69.3 Å². The molecule has 21 heteroatoms. The molecule has 0 aromatic heterocycles. The molecule has 0 spiro atoms. The number of carboxylic acids is 7. The van der Waals surface area contributed by atoms with Crippen LogP contribution in [0.15, 0.2) is 97.1 Å². The van der Waals surface area contributed by atoms with E-state index < -0.39 is 41.8 Å². The zero-order chi connectivity index (χ0) is 50.9. The van der Waals surface area contributed by atoms with E-state index in [1.54, 1.807) is 72.8 Å². The lowest BCUT2D eigenvalue weighted by Gasteiger charge is -1.98. The normalized spacial score (nSPS) is 9.29. The summed E-state index contributed by atoms with van der Waals surface area (Å²) < 4.78 is 0. The molecule has 4 aromatic rings. The smallest absolute Gasteiger partial charge is 0.335 e. The van der Waals surface area contributed by atoms with Crippen LogP contribution in [0.1, 0.15) is 87.9 Å². The highest BCUT2D eigenvalue weighted by atomic mass is 16.4. The summed E-state index contributed by atoms with van der Waals surface area (Å²) in [7, 11) is 0. The van der Waals surface area contributed by atoms with Gasteiger partial charge in [0.15, 0.2) is 0 Å². The van der Waals surface area contributed by atoms with Crippen molar-refractivity contribution in [3.05, 3.63) is 130 Å². The molecule has 0 aliphatic carbocycles. The van der Waals surface area contributed by atoms with Crippen LogP contribution in [-0.4, -0.2) is 97.2 Å². The highest BCUT2D eigenvalue weighted by Crippen LogP contribution is 2.07. The van der Waals surface area contributed by atoms with Gasteiger partial charge in [-0.2, -0.15) is 0 Å². The second-order valence-electron chi connectivity index (χ2n) is 13.2. The summed E-state index contributed by atoms with van der Waals surface area (Å²) in [5, 5.41) is 57.8. The molecule has 364 valence electrons. The van der Waals surface area contributed by atoms with Crippen molar-refractivity contribution in [1.29, 1.82) is 0 Å². The van der Waals surface area contributed by atoms with Crippen LogP contribution >= 0.6 is 0 Å². The number of hydrogen-bond acceptors (Lipinski definition) is 14. The monoisotopic (exact) mass is 927 g/mol. The SMILES string of the molecule is NCCC(=O)O.NCCCC(=O)O.NCCCCCC(=O)O.NCc1ccc(C(=O)O)cc1.NCc1ccc(CC(=O)O)cc1.Nc1ccc(C(=O)O)cc1.Nc1ccc(CC(=O)O)cc1. The number of aromatic carboxylic acids is 2. The van der Waals surface area contributed by atoms with Crippen LogP contribution in [0.2, 0.25) is 0 Å². The molecule has 0 atom stereocenters. The summed E-state index contributed by atoms with van der Waals surface area (Å²) >= 11 is 0. The highest BCUT2D eigenvalue weighted by molar-refractivity contribution is 5.88. The number of carbonyl (C=O) groups is 7. The van der Waals surface area contributed by atoms with Gasteiger partial charge in [0.2, 0.25) is 0 Å². The molecule has 4 rings (SSSR count). The standard InChI is InChI=1S/C9H11NO2.2C8H9NO2.C7H7NO2.C6H13NO2.C4H9NO2.C3H7NO2/c10-6-8-3-1-7(2-4-8)5-9(11)12;9-5-6-1-3-7(4-2-6)8(10)11;9-7-3-1-6(2-4-7)5-8(10)11;8-6-3-1-5(2-4-6)7(9)10;7-5-3-1-2-4-6(8)9;5-3-1-2-4(6)7;4-2-1-3(5)6/h1-4H,5-6,10H2,(H,11,12);2*1-4H,5,9H2,(H,10,11);1-4H,8H2,(H,9,10);1-5,7H2,(H,8,9);1-3,5H2,(H,6,7);1-2,4H2,(H,5,6). The Balaban J connectivity index is -0.000000709. The number of benzene rings is 4. The third-order valence-corrected chi connectivity index (χ3v) is 7.59. The number of anilines is 2. The van der Waals surface area contributed by atoms with Gasteiger partial charge < -0.3 is 75.9 Å². The Bertz CT molecular complexity index is 1970. The van der Waals surface area contributed by atoms with Gasteiger partial charge in [0.25, 0.3) is 0 Å². The van der Waals surface area contributed by atoms with Crippen LogP contribution in [0.4, 0.5) is 11.4 Å². The molecule has 21 nitrogen and oxygen atoms in total. The van der Waals surface area contributed by atoms with Crippen molar-refractivity contribution in [3.63, 3.8) is 0 Å².